The van der Waals surface area contributed by atoms with Crippen LogP contribution in [0.1, 0.15) is 5.69 Å². The Hall–Kier alpha value is -2.02. The van der Waals surface area contributed by atoms with Gasteiger partial charge in [0.2, 0.25) is 0 Å². The molecule has 0 aliphatic rings. The van der Waals surface area contributed by atoms with Gasteiger partial charge in [-0.15, -0.1) is 0 Å². The Kier molecular flexibility index (Phi) is 3.52. The van der Waals surface area contributed by atoms with Crippen LogP contribution >= 0.6 is 15.9 Å². The number of nitro benzene ring substituents is 1. The third-order valence-electron chi connectivity index (χ3n) is 2.32. The first kappa shape index (κ1) is 12.4. The molecule has 92 valence electrons. The molecule has 6 nitrogen and oxygen atoms in total. The van der Waals surface area contributed by atoms with E-state index in [0.717, 1.165) is 0 Å². The molecule has 7 heteroatoms. The Morgan fingerprint density at radius 2 is 2.28 bits per heavy atom. The van der Waals surface area contributed by atoms with E-state index < -0.39 is 4.92 Å². The predicted molar refractivity (Wildman–Crippen MR) is 67.0 cm³/mol. The molecule has 2 aromatic rings. The number of halogens is 1. The molecule has 0 amide bonds. The molecule has 0 spiro atoms. The molecule has 1 aromatic heterocycles. The fourth-order valence-corrected chi connectivity index (χ4v) is 2.17. The maximum Gasteiger partial charge on any atom is 0.295 e. The monoisotopic (exact) mass is 310 g/mol. The zero-order chi connectivity index (χ0) is 13.1. The number of aromatic nitrogens is 1. The topological polar surface area (TPSA) is 82.3 Å². The number of nitrogens with zero attached hydrogens (tertiary/aromatic N) is 2. The lowest BCUT2D eigenvalue weighted by molar-refractivity contribution is -0.383. The van der Waals surface area contributed by atoms with Crippen molar-refractivity contribution in [1.82, 2.24) is 4.98 Å². The number of benzene rings is 1. The van der Waals surface area contributed by atoms with E-state index in [1.807, 2.05) is 0 Å². The smallest absolute Gasteiger partial charge is 0.295 e. The van der Waals surface area contributed by atoms with Crippen LogP contribution in [0, 0.1) is 10.1 Å². The Morgan fingerprint density at radius 3 is 2.94 bits per heavy atom. The normalized spacial score (nSPS) is 10.3. The fraction of sp³-hybridized carbons (Fsp3) is 0.0909. The van der Waals surface area contributed by atoms with Crippen molar-refractivity contribution in [2.45, 2.75) is 6.61 Å². The van der Waals surface area contributed by atoms with Gasteiger partial charge in [0.25, 0.3) is 12.2 Å². The van der Waals surface area contributed by atoms with Crippen LogP contribution in [0.15, 0.2) is 28.7 Å². The second-order valence-corrected chi connectivity index (χ2v) is 4.29. The van der Waals surface area contributed by atoms with Gasteiger partial charge in [0.05, 0.1) is 10.6 Å². The lowest BCUT2D eigenvalue weighted by Crippen LogP contribution is -1.98. The van der Waals surface area contributed by atoms with Crippen molar-refractivity contribution in [3.63, 3.8) is 0 Å². The van der Waals surface area contributed by atoms with E-state index in [4.69, 9.17) is 0 Å². The summed E-state index contributed by atoms with van der Waals surface area (Å²) in [6.45, 7) is 0.281. The maximum absolute atomic E-state index is 10.9. The molecule has 0 saturated carbocycles. The van der Waals surface area contributed by atoms with Crippen molar-refractivity contribution in [3.8, 4) is 0 Å². The number of pyridine rings is 1. The average molecular weight is 311 g/mol. The van der Waals surface area contributed by atoms with Crippen LogP contribution in [-0.4, -0.2) is 16.4 Å². The minimum absolute atomic E-state index is 0.0237. The Labute approximate surface area is 110 Å². The maximum atomic E-state index is 10.9. The summed E-state index contributed by atoms with van der Waals surface area (Å²) in [6, 6.07) is 6.36. The van der Waals surface area contributed by atoms with Crippen molar-refractivity contribution in [1.29, 1.82) is 0 Å². The van der Waals surface area contributed by atoms with Gasteiger partial charge < -0.3 is 4.74 Å². The molecule has 0 aliphatic heterocycles. The number of nitro groups is 1. The van der Waals surface area contributed by atoms with Gasteiger partial charge in [0.1, 0.15) is 12.1 Å². The molecule has 0 N–H and O–H groups in total. The fourth-order valence-electron chi connectivity index (χ4n) is 1.58. The zero-order valence-electron chi connectivity index (χ0n) is 9.00. The van der Waals surface area contributed by atoms with E-state index in [1.165, 1.54) is 6.07 Å². The Morgan fingerprint density at radius 1 is 1.50 bits per heavy atom. The average Bonchev–Trinajstić information content (AvgIpc) is 2.35. The molecular weight excluding hydrogens is 304 g/mol. The van der Waals surface area contributed by atoms with Crippen LogP contribution in [0.5, 0.6) is 0 Å². The standard InChI is InChI=1S/C11H7BrN2O4/c12-9-4-7(5-18-6-15)13-11-8(9)2-1-3-10(11)14(16)17/h1-4,6H,5H2. The SMILES string of the molecule is O=COCc1cc(Br)c2cccc([N+](=O)[O-])c2n1. The Bertz CT molecular complexity index is 630. The van der Waals surface area contributed by atoms with Crippen molar-refractivity contribution in [2.24, 2.45) is 0 Å². The number of hydrogen-bond donors (Lipinski definition) is 0. The van der Waals surface area contributed by atoms with Gasteiger partial charge in [-0.2, -0.15) is 0 Å². The van der Waals surface area contributed by atoms with Crippen molar-refractivity contribution >= 4 is 39.0 Å². The van der Waals surface area contributed by atoms with Crippen molar-refractivity contribution < 1.29 is 14.5 Å². The lowest BCUT2D eigenvalue weighted by Gasteiger charge is -2.05. The van der Waals surface area contributed by atoms with E-state index in [0.29, 0.717) is 22.0 Å². The van der Waals surface area contributed by atoms with Crippen LogP contribution in [-0.2, 0) is 16.1 Å². The number of fused-ring (bicyclic) bond motifs is 1. The molecule has 0 unspecified atom stereocenters. The molecule has 0 radical (unpaired) electrons. The number of carbonyl (C=O) groups excluding carboxylic acids is 1. The van der Waals surface area contributed by atoms with Crippen LogP contribution in [0.25, 0.3) is 10.9 Å². The number of hydrogen-bond acceptors (Lipinski definition) is 5. The van der Waals surface area contributed by atoms with Gasteiger partial charge in [-0.1, -0.05) is 28.1 Å². The molecule has 0 saturated heterocycles. The Balaban J connectivity index is 2.64. The third-order valence-corrected chi connectivity index (χ3v) is 2.97. The summed E-state index contributed by atoms with van der Waals surface area (Å²) in [4.78, 5) is 24.7. The quantitative estimate of drug-likeness (QED) is 0.492. The van der Waals surface area contributed by atoms with Gasteiger partial charge in [0.15, 0.2) is 0 Å². The molecule has 0 fully saturated rings. The van der Waals surface area contributed by atoms with Gasteiger partial charge in [-0.25, -0.2) is 4.98 Å². The van der Waals surface area contributed by atoms with Gasteiger partial charge in [0, 0.05) is 15.9 Å². The van der Waals surface area contributed by atoms with Crippen LogP contribution < -0.4 is 0 Å². The summed E-state index contributed by atoms with van der Waals surface area (Å²) in [6.07, 6.45) is 0. The van der Waals surface area contributed by atoms with Gasteiger partial charge in [-0.05, 0) is 6.07 Å². The van der Waals surface area contributed by atoms with E-state index >= 15 is 0 Å². The van der Waals surface area contributed by atoms with Crippen LogP contribution in [0.3, 0.4) is 0 Å². The summed E-state index contributed by atoms with van der Waals surface area (Å²) in [7, 11) is 0. The van der Waals surface area contributed by atoms with Gasteiger partial charge >= 0.3 is 0 Å². The summed E-state index contributed by atoms with van der Waals surface area (Å²) in [5, 5.41) is 11.6. The number of carbonyl (C=O) groups is 1. The molecule has 0 bridgehead atoms. The minimum atomic E-state index is -0.494. The zero-order valence-corrected chi connectivity index (χ0v) is 10.6. The molecule has 0 atom stereocenters. The van der Waals surface area contributed by atoms with E-state index in [9.17, 15) is 14.9 Å². The summed E-state index contributed by atoms with van der Waals surface area (Å²) in [5.74, 6) is 0. The van der Waals surface area contributed by atoms with Crippen LogP contribution in [0.2, 0.25) is 0 Å². The molecule has 1 heterocycles. The molecule has 2 rings (SSSR count). The second kappa shape index (κ2) is 5.09. The summed E-state index contributed by atoms with van der Waals surface area (Å²) >= 11 is 3.32. The predicted octanol–water partition coefficient (Wildman–Crippen LogP) is 2.58. The largest absolute Gasteiger partial charge is 0.461 e. The molecule has 0 aliphatic carbocycles. The number of rotatable bonds is 4. The first-order valence-electron chi connectivity index (χ1n) is 4.91. The highest BCUT2D eigenvalue weighted by Crippen LogP contribution is 2.29. The number of non-ortho nitro benzene ring substituents is 1. The first-order chi connectivity index (χ1) is 8.63. The lowest BCUT2D eigenvalue weighted by atomic mass is 10.2. The van der Waals surface area contributed by atoms with Crippen LogP contribution in [0.4, 0.5) is 5.69 Å². The molecule has 1 aromatic carbocycles. The highest BCUT2D eigenvalue weighted by atomic mass is 79.9. The van der Waals surface area contributed by atoms with E-state index in [2.05, 4.69) is 25.7 Å². The molecule has 18 heavy (non-hydrogen) atoms. The minimum Gasteiger partial charge on any atom is -0.461 e. The summed E-state index contributed by atoms with van der Waals surface area (Å²) in [5.41, 5.74) is 0.623. The second-order valence-electron chi connectivity index (χ2n) is 3.43. The highest BCUT2D eigenvalue weighted by molar-refractivity contribution is 9.10. The number of para-hydroxylation sites is 1. The number of ether oxygens (including phenoxy) is 1. The van der Waals surface area contributed by atoms with E-state index in [-0.39, 0.29) is 17.8 Å². The first-order valence-corrected chi connectivity index (χ1v) is 5.70. The summed E-state index contributed by atoms with van der Waals surface area (Å²) < 4.78 is 5.26. The van der Waals surface area contributed by atoms with Crippen molar-refractivity contribution in [3.05, 3.63) is 44.5 Å². The highest BCUT2D eigenvalue weighted by Gasteiger charge is 2.15. The van der Waals surface area contributed by atoms with Gasteiger partial charge in [-0.3, -0.25) is 14.9 Å². The molecular formula is C11H7BrN2O4. The van der Waals surface area contributed by atoms with E-state index in [1.54, 1.807) is 18.2 Å². The third kappa shape index (κ3) is 2.30. The van der Waals surface area contributed by atoms with Crippen molar-refractivity contribution in [2.75, 3.05) is 0 Å².